The minimum absolute atomic E-state index is 0.491. The molecule has 0 spiro atoms. The topological polar surface area (TPSA) is 4.93 Å². The van der Waals surface area contributed by atoms with Gasteiger partial charge in [-0.2, -0.15) is 0 Å². The number of hydrogen-bond donors (Lipinski definition) is 0. The van der Waals surface area contributed by atoms with E-state index in [0.717, 1.165) is 0 Å². The normalized spacial score (nSPS) is 13.5. The van der Waals surface area contributed by atoms with Crippen molar-refractivity contribution >= 4 is 75.7 Å². The number of fused-ring (bicyclic) bond motifs is 11. The summed E-state index contributed by atoms with van der Waals surface area (Å²) in [6.45, 7) is 0. The highest BCUT2D eigenvalue weighted by atomic mass is 15.0. The number of benzene rings is 11. The van der Waals surface area contributed by atoms with E-state index in [1.165, 1.54) is 115 Å². The zero-order valence-corrected chi connectivity index (χ0v) is 30.5. The second kappa shape index (κ2) is 10.9. The third-order valence-electron chi connectivity index (χ3n) is 12.9. The molecule has 1 aromatic heterocycles. The van der Waals surface area contributed by atoms with Crippen LogP contribution in [0.3, 0.4) is 0 Å². The zero-order chi connectivity index (χ0) is 36.5. The Bertz CT molecular complexity index is 3530. The average Bonchev–Trinajstić information content (AvgIpc) is 3.76. The van der Waals surface area contributed by atoms with Crippen LogP contribution in [-0.2, 0) is 5.41 Å². The predicted octanol–water partition coefficient (Wildman–Crippen LogP) is 14.4. The highest BCUT2D eigenvalue weighted by Gasteiger charge is 2.47. The van der Waals surface area contributed by atoms with Crippen LogP contribution in [0.1, 0.15) is 22.3 Å². The van der Waals surface area contributed by atoms with Crippen molar-refractivity contribution in [2.75, 3.05) is 0 Å². The molecule has 1 nitrogen and oxygen atoms in total. The van der Waals surface area contributed by atoms with Crippen LogP contribution in [0.4, 0.5) is 0 Å². The molecule has 11 aromatic carbocycles. The maximum Gasteiger partial charge on any atom is 0.0714 e. The molecule has 13 rings (SSSR count). The van der Waals surface area contributed by atoms with Crippen molar-refractivity contribution in [1.82, 2.24) is 4.57 Å². The van der Waals surface area contributed by atoms with E-state index >= 15 is 0 Å². The summed E-state index contributed by atoms with van der Waals surface area (Å²) in [7, 11) is 0. The Morgan fingerprint density at radius 2 is 0.911 bits per heavy atom. The lowest BCUT2D eigenvalue weighted by molar-refractivity contribution is 0.770. The molecule has 0 saturated heterocycles. The number of aromatic nitrogens is 1. The number of para-hydroxylation sites is 1. The molecule has 12 aromatic rings. The first-order valence-corrected chi connectivity index (χ1v) is 19.6. The van der Waals surface area contributed by atoms with Gasteiger partial charge in [0.15, 0.2) is 0 Å². The van der Waals surface area contributed by atoms with Gasteiger partial charge >= 0.3 is 0 Å². The average molecular weight is 708 g/mol. The highest BCUT2D eigenvalue weighted by Crippen LogP contribution is 2.59. The van der Waals surface area contributed by atoms with Crippen LogP contribution < -0.4 is 0 Å². The summed E-state index contributed by atoms with van der Waals surface area (Å²) in [6, 6.07) is 75.1. The third-order valence-corrected chi connectivity index (χ3v) is 12.9. The van der Waals surface area contributed by atoms with E-state index in [9.17, 15) is 0 Å². The molecule has 0 amide bonds. The van der Waals surface area contributed by atoms with Crippen LogP contribution in [0.2, 0.25) is 0 Å². The number of hydrogen-bond acceptors (Lipinski definition) is 0. The van der Waals surface area contributed by atoms with Gasteiger partial charge in [-0.05, 0) is 118 Å². The van der Waals surface area contributed by atoms with Crippen LogP contribution in [-0.4, -0.2) is 4.57 Å². The summed E-state index contributed by atoms with van der Waals surface area (Å²) in [5.74, 6) is 0. The molecule has 0 radical (unpaired) electrons. The second-order valence-corrected chi connectivity index (χ2v) is 15.5. The van der Waals surface area contributed by atoms with Crippen molar-refractivity contribution in [2.45, 2.75) is 5.41 Å². The van der Waals surface area contributed by atoms with Crippen LogP contribution in [0, 0.1) is 0 Å². The maximum atomic E-state index is 2.58. The fourth-order valence-corrected chi connectivity index (χ4v) is 10.8. The number of rotatable bonds is 3. The fraction of sp³-hybridized carbons (Fsp3) is 0.0182. The predicted molar refractivity (Wildman–Crippen MR) is 237 cm³/mol. The minimum atomic E-state index is -0.491. The number of nitrogens with zero attached hydrogens (tertiary/aromatic N) is 1. The molecule has 0 aliphatic heterocycles. The van der Waals surface area contributed by atoms with Crippen LogP contribution in [0.25, 0.3) is 92.5 Å². The van der Waals surface area contributed by atoms with Crippen molar-refractivity contribution in [3.63, 3.8) is 0 Å². The lowest BCUT2D eigenvalue weighted by Gasteiger charge is -2.34. The summed E-state index contributed by atoms with van der Waals surface area (Å²) in [5.41, 5.74) is 11.1. The lowest BCUT2D eigenvalue weighted by atomic mass is 9.67. The first kappa shape index (κ1) is 30.1. The maximum absolute atomic E-state index is 2.58. The summed E-state index contributed by atoms with van der Waals surface area (Å²) in [4.78, 5) is 0. The Balaban J connectivity index is 1.26. The second-order valence-electron chi connectivity index (χ2n) is 15.5. The Hall–Kier alpha value is -7.22. The molecular formula is C55H33N. The molecule has 0 saturated carbocycles. The van der Waals surface area contributed by atoms with E-state index < -0.39 is 5.41 Å². The first-order chi connectivity index (χ1) is 27.8. The van der Waals surface area contributed by atoms with E-state index in [1.807, 2.05) is 0 Å². The standard InChI is InChI=1S/C55H33N/c1-3-17-36(18-4-1)55(37-19-5-2-6-20-37)47-27-11-9-21-41(47)53-43-25-13-23-39-40-24-14-26-44-52(40)46(45(51(39)43)32-48(53)55)33-50-54(44)42-22-10-12-28-49(42)56(50)38-30-29-34-15-7-8-16-35(34)31-38/h1-33H. The summed E-state index contributed by atoms with van der Waals surface area (Å²) in [6.07, 6.45) is 0. The molecule has 1 heterocycles. The highest BCUT2D eigenvalue weighted by molar-refractivity contribution is 6.39. The van der Waals surface area contributed by atoms with E-state index in [2.05, 4.69) is 205 Å². The van der Waals surface area contributed by atoms with Gasteiger partial charge in [-0.25, -0.2) is 0 Å². The molecule has 1 heteroatoms. The van der Waals surface area contributed by atoms with Gasteiger partial charge in [0.2, 0.25) is 0 Å². The van der Waals surface area contributed by atoms with Crippen molar-refractivity contribution in [3.05, 3.63) is 222 Å². The van der Waals surface area contributed by atoms with Crippen molar-refractivity contribution < 1.29 is 0 Å². The minimum Gasteiger partial charge on any atom is -0.309 e. The smallest absolute Gasteiger partial charge is 0.0714 e. The molecular weight excluding hydrogens is 675 g/mol. The quantitative estimate of drug-likeness (QED) is 0.127. The molecule has 0 atom stereocenters. The monoisotopic (exact) mass is 707 g/mol. The van der Waals surface area contributed by atoms with Crippen molar-refractivity contribution in [3.8, 4) is 16.8 Å². The molecule has 1 aliphatic rings. The van der Waals surface area contributed by atoms with E-state index in [0.29, 0.717) is 0 Å². The Labute approximate surface area is 323 Å². The lowest BCUT2D eigenvalue weighted by Crippen LogP contribution is -2.28. The largest absolute Gasteiger partial charge is 0.309 e. The Morgan fingerprint density at radius 3 is 1.70 bits per heavy atom. The van der Waals surface area contributed by atoms with Gasteiger partial charge in [0.25, 0.3) is 0 Å². The molecule has 56 heavy (non-hydrogen) atoms. The first-order valence-electron chi connectivity index (χ1n) is 19.6. The Kier molecular flexibility index (Phi) is 5.89. The summed E-state index contributed by atoms with van der Waals surface area (Å²) >= 11 is 0. The molecule has 258 valence electrons. The van der Waals surface area contributed by atoms with Crippen LogP contribution >= 0.6 is 0 Å². The van der Waals surface area contributed by atoms with Crippen LogP contribution in [0.5, 0.6) is 0 Å². The molecule has 0 unspecified atom stereocenters. The van der Waals surface area contributed by atoms with Gasteiger partial charge in [0.1, 0.15) is 0 Å². The van der Waals surface area contributed by atoms with Gasteiger partial charge in [-0.15, -0.1) is 0 Å². The van der Waals surface area contributed by atoms with E-state index in [-0.39, 0.29) is 0 Å². The zero-order valence-electron chi connectivity index (χ0n) is 30.5. The molecule has 0 fully saturated rings. The SMILES string of the molecule is c1ccc(C2(c3ccccc3)c3ccccc3-c3c2cc2c4cc5c(c6cccc(c7cccc3c72)c46)c2ccccc2n5-c2ccc3ccccc3c2)cc1. The van der Waals surface area contributed by atoms with Gasteiger partial charge in [0, 0.05) is 16.5 Å². The molecule has 1 aliphatic carbocycles. The van der Waals surface area contributed by atoms with Crippen molar-refractivity contribution in [1.29, 1.82) is 0 Å². The van der Waals surface area contributed by atoms with E-state index in [1.54, 1.807) is 0 Å². The van der Waals surface area contributed by atoms with Gasteiger partial charge in [-0.1, -0.05) is 170 Å². The van der Waals surface area contributed by atoms with E-state index in [4.69, 9.17) is 0 Å². The van der Waals surface area contributed by atoms with Crippen LogP contribution in [0.15, 0.2) is 200 Å². The summed E-state index contributed by atoms with van der Waals surface area (Å²) < 4.78 is 2.50. The molecule has 0 N–H and O–H groups in total. The Morgan fingerprint density at radius 1 is 0.321 bits per heavy atom. The summed E-state index contributed by atoms with van der Waals surface area (Å²) in [5, 5.41) is 15.6. The third kappa shape index (κ3) is 3.70. The fourth-order valence-electron chi connectivity index (χ4n) is 10.8. The van der Waals surface area contributed by atoms with Crippen molar-refractivity contribution in [2.24, 2.45) is 0 Å². The van der Waals surface area contributed by atoms with Gasteiger partial charge < -0.3 is 4.57 Å². The van der Waals surface area contributed by atoms with Gasteiger partial charge in [0.05, 0.1) is 16.4 Å². The van der Waals surface area contributed by atoms with Gasteiger partial charge in [-0.3, -0.25) is 0 Å². The molecule has 0 bridgehead atoms.